The van der Waals surface area contributed by atoms with Gasteiger partial charge in [-0.15, -0.1) is 0 Å². The molecule has 1 rings (SSSR count). The number of methoxy groups -OCH3 is 1. The molecule has 0 radical (unpaired) electrons. The highest BCUT2D eigenvalue weighted by atomic mass is 16.5. The lowest BCUT2D eigenvalue weighted by Gasteiger charge is -2.30. The number of nitriles is 1. The van der Waals surface area contributed by atoms with E-state index >= 15 is 0 Å². The molecule has 0 saturated heterocycles. The lowest BCUT2D eigenvalue weighted by atomic mass is 10.1. The Kier molecular flexibility index (Phi) is 5.74. The fourth-order valence-corrected chi connectivity index (χ4v) is 1.82. The van der Waals surface area contributed by atoms with E-state index in [-0.39, 0.29) is 12.5 Å². The van der Waals surface area contributed by atoms with Gasteiger partial charge in [0.2, 0.25) is 5.91 Å². The second-order valence-electron chi connectivity index (χ2n) is 5.64. The molecule has 0 N–H and O–H groups in total. The number of carbonyl (C=O) groups is 1. The first kappa shape index (κ1) is 17.0. The Labute approximate surface area is 126 Å². The van der Waals surface area contributed by atoms with Crippen molar-refractivity contribution in [3.05, 3.63) is 29.8 Å². The minimum Gasteiger partial charge on any atom is -0.497 e. The largest absolute Gasteiger partial charge is 0.497 e. The maximum absolute atomic E-state index is 12.2. The van der Waals surface area contributed by atoms with Gasteiger partial charge < -0.3 is 9.64 Å². The molecule has 1 amide bonds. The van der Waals surface area contributed by atoms with Crippen LogP contribution in [0.5, 0.6) is 5.75 Å². The third kappa shape index (κ3) is 4.76. The van der Waals surface area contributed by atoms with E-state index in [9.17, 15) is 4.79 Å². The molecule has 0 aliphatic rings. The number of rotatable bonds is 6. The van der Waals surface area contributed by atoms with Crippen LogP contribution in [0.4, 0.5) is 0 Å². The van der Waals surface area contributed by atoms with Crippen molar-refractivity contribution in [2.24, 2.45) is 0 Å². The first-order valence-corrected chi connectivity index (χ1v) is 6.79. The molecule has 1 aromatic rings. The molecule has 21 heavy (non-hydrogen) atoms. The summed E-state index contributed by atoms with van der Waals surface area (Å²) in [7, 11) is 5.18. The maximum Gasteiger partial charge on any atom is 0.237 e. The molecule has 0 aliphatic carbocycles. The normalized spacial score (nSPS) is 11.1. The Balaban J connectivity index is 2.58. The maximum atomic E-state index is 12.2. The third-order valence-corrected chi connectivity index (χ3v) is 3.50. The van der Waals surface area contributed by atoms with Crippen LogP contribution >= 0.6 is 0 Å². The molecule has 0 fully saturated rings. The van der Waals surface area contributed by atoms with Gasteiger partial charge in [0, 0.05) is 13.6 Å². The fraction of sp³-hybridized carbons (Fsp3) is 0.500. The van der Waals surface area contributed by atoms with E-state index in [1.165, 1.54) is 4.90 Å². The molecule has 0 aromatic heterocycles. The zero-order valence-corrected chi connectivity index (χ0v) is 13.4. The van der Waals surface area contributed by atoms with Gasteiger partial charge in [-0.2, -0.15) is 5.26 Å². The molecule has 0 heterocycles. The van der Waals surface area contributed by atoms with Crippen LogP contribution in [-0.2, 0) is 11.3 Å². The lowest BCUT2D eigenvalue weighted by Crippen LogP contribution is -2.47. The van der Waals surface area contributed by atoms with Crippen LogP contribution in [0.1, 0.15) is 19.4 Å². The fourth-order valence-electron chi connectivity index (χ4n) is 1.82. The van der Waals surface area contributed by atoms with E-state index < -0.39 is 5.54 Å². The molecular formula is C16H23N3O2. The predicted octanol–water partition coefficient (Wildman–Crippen LogP) is 1.89. The Morgan fingerprint density at radius 3 is 2.33 bits per heavy atom. The summed E-state index contributed by atoms with van der Waals surface area (Å²) in [6, 6.07) is 9.88. The summed E-state index contributed by atoms with van der Waals surface area (Å²) in [6.45, 7) is 4.40. The molecule has 5 nitrogen and oxygen atoms in total. The number of benzene rings is 1. The Morgan fingerprint density at radius 1 is 1.29 bits per heavy atom. The molecule has 0 saturated carbocycles. The van der Waals surface area contributed by atoms with Gasteiger partial charge in [0.15, 0.2) is 0 Å². The van der Waals surface area contributed by atoms with Gasteiger partial charge in [-0.05, 0) is 38.6 Å². The third-order valence-electron chi connectivity index (χ3n) is 3.50. The van der Waals surface area contributed by atoms with Crippen LogP contribution in [-0.4, -0.2) is 49.0 Å². The van der Waals surface area contributed by atoms with Crippen molar-refractivity contribution >= 4 is 5.91 Å². The summed E-state index contributed by atoms with van der Waals surface area (Å²) in [4.78, 5) is 15.6. The number of likely N-dealkylation sites (N-methyl/N-ethyl adjacent to an activating group) is 2. The minimum absolute atomic E-state index is 0.0717. The Morgan fingerprint density at radius 2 is 1.86 bits per heavy atom. The number of carbonyl (C=O) groups excluding carboxylic acids is 1. The number of hydrogen-bond acceptors (Lipinski definition) is 4. The van der Waals surface area contributed by atoms with Crippen molar-refractivity contribution in [1.82, 2.24) is 9.80 Å². The van der Waals surface area contributed by atoms with Gasteiger partial charge >= 0.3 is 0 Å². The smallest absolute Gasteiger partial charge is 0.237 e. The number of hydrogen-bond donors (Lipinski definition) is 0. The quantitative estimate of drug-likeness (QED) is 0.802. The van der Waals surface area contributed by atoms with E-state index in [2.05, 4.69) is 6.07 Å². The minimum atomic E-state index is -0.794. The standard InChI is InChI=1S/C16H23N3O2/c1-16(2,12-17)19(4)15(20)11-18(3)10-13-6-8-14(21-5)9-7-13/h6-9H,10-11H2,1-5H3. The molecule has 0 aliphatic heterocycles. The van der Waals surface area contributed by atoms with Crippen LogP contribution in [0.25, 0.3) is 0 Å². The molecule has 0 atom stereocenters. The first-order valence-electron chi connectivity index (χ1n) is 6.79. The van der Waals surface area contributed by atoms with Gasteiger partial charge in [0.25, 0.3) is 0 Å². The average Bonchev–Trinajstić information content (AvgIpc) is 2.46. The Hall–Kier alpha value is -2.06. The molecule has 0 spiro atoms. The Bertz CT molecular complexity index is 517. The highest BCUT2D eigenvalue weighted by molar-refractivity contribution is 5.79. The van der Waals surface area contributed by atoms with E-state index in [0.717, 1.165) is 11.3 Å². The second kappa shape index (κ2) is 7.09. The monoisotopic (exact) mass is 289 g/mol. The highest BCUT2D eigenvalue weighted by Gasteiger charge is 2.27. The van der Waals surface area contributed by atoms with Crippen LogP contribution in [0.2, 0.25) is 0 Å². The zero-order valence-electron chi connectivity index (χ0n) is 13.4. The van der Waals surface area contributed by atoms with Gasteiger partial charge in [0.1, 0.15) is 11.3 Å². The summed E-state index contributed by atoms with van der Waals surface area (Å²) in [5.74, 6) is 0.741. The van der Waals surface area contributed by atoms with E-state index in [1.54, 1.807) is 28.0 Å². The van der Waals surface area contributed by atoms with Gasteiger partial charge in [-0.25, -0.2) is 0 Å². The van der Waals surface area contributed by atoms with Gasteiger partial charge in [-0.1, -0.05) is 12.1 Å². The van der Waals surface area contributed by atoms with Crippen LogP contribution in [0, 0.1) is 11.3 Å². The molecule has 1 aromatic carbocycles. The number of nitrogens with zero attached hydrogens (tertiary/aromatic N) is 3. The lowest BCUT2D eigenvalue weighted by molar-refractivity contribution is -0.134. The van der Waals surface area contributed by atoms with Gasteiger partial charge in [0.05, 0.1) is 19.7 Å². The zero-order chi connectivity index (χ0) is 16.0. The SMILES string of the molecule is COc1ccc(CN(C)CC(=O)N(C)C(C)(C)C#N)cc1. The first-order chi connectivity index (χ1) is 9.80. The number of amides is 1. The number of ether oxygens (including phenoxy) is 1. The summed E-state index contributed by atoms with van der Waals surface area (Å²) in [5.41, 5.74) is 0.311. The molecule has 114 valence electrons. The van der Waals surface area contributed by atoms with E-state index in [0.29, 0.717) is 6.54 Å². The van der Waals surface area contributed by atoms with E-state index in [4.69, 9.17) is 10.00 Å². The van der Waals surface area contributed by atoms with Crippen molar-refractivity contribution in [3.63, 3.8) is 0 Å². The van der Waals surface area contributed by atoms with Crippen molar-refractivity contribution < 1.29 is 9.53 Å². The summed E-state index contributed by atoms with van der Waals surface area (Å²) < 4.78 is 5.11. The topological polar surface area (TPSA) is 56.6 Å². The highest BCUT2D eigenvalue weighted by Crippen LogP contribution is 2.14. The summed E-state index contributed by atoms with van der Waals surface area (Å²) in [6.07, 6.45) is 0. The predicted molar refractivity (Wildman–Crippen MR) is 81.8 cm³/mol. The van der Waals surface area contributed by atoms with Crippen molar-refractivity contribution in [1.29, 1.82) is 5.26 Å². The summed E-state index contributed by atoms with van der Waals surface area (Å²) in [5, 5.41) is 9.06. The van der Waals surface area contributed by atoms with E-state index in [1.807, 2.05) is 36.2 Å². The van der Waals surface area contributed by atoms with Crippen molar-refractivity contribution in [2.45, 2.75) is 25.9 Å². The molecular weight excluding hydrogens is 266 g/mol. The van der Waals surface area contributed by atoms with Crippen LogP contribution < -0.4 is 4.74 Å². The summed E-state index contributed by atoms with van der Waals surface area (Å²) >= 11 is 0. The molecule has 0 bridgehead atoms. The second-order valence-corrected chi connectivity index (χ2v) is 5.64. The van der Waals surface area contributed by atoms with Crippen molar-refractivity contribution in [3.8, 4) is 11.8 Å². The van der Waals surface area contributed by atoms with Crippen LogP contribution in [0.3, 0.4) is 0 Å². The average molecular weight is 289 g/mol. The molecule has 5 heteroatoms. The van der Waals surface area contributed by atoms with Gasteiger partial charge in [-0.3, -0.25) is 9.69 Å². The van der Waals surface area contributed by atoms with Crippen LogP contribution in [0.15, 0.2) is 24.3 Å². The molecule has 0 unspecified atom stereocenters. The van der Waals surface area contributed by atoms with Crippen molar-refractivity contribution in [2.75, 3.05) is 27.7 Å².